The summed E-state index contributed by atoms with van der Waals surface area (Å²) in [5.41, 5.74) is 0.305. The molecule has 17 heavy (non-hydrogen) atoms. The molecule has 0 aliphatic carbocycles. The average molecular weight is 260 g/mol. The van der Waals surface area contributed by atoms with E-state index in [1.807, 2.05) is 6.92 Å². The summed E-state index contributed by atoms with van der Waals surface area (Å²) in [6.45, 7) is 3.29. The van der Waals surface area contributed by atoms with Crippen LogP contribution in [0.5, 0.6) is 0 Å². The van der Waals surface area contributed by atoms with Crippen molar-refractivity contribution in [3.63, 3.8) is 0 Å². The standard InChI is InChI=1S/C11H18ClN3O2/c1-2-15-11(17)10(12)9(8-14-15)13-6-4-3-5-7-16/h8,13,16H,2-7H2,1H3. The molecule has 0 bridgehead atoms. The quantitative estimate of drug-likeness (QED) is 0.728. The molecule has 0 saturated carbocycles. The van der Waals surface area contributed by atoms with Crippen LogP contribution in [0, 0.1) is 0 Å². The second-order valence-corrected chi connectivity index (χ2v) is 4.08. The third kappa shape index (κ3) is 4.02. The Hall–Kier alpha value is -1.07. The maximum atomic E-state index is 11.7. The van der Waals surface area contributed by atoms with Gasteiger partial charge in [-0.05, 0) is 26.2 Å². The lowest BCUT2D eigenvalue weighted by Gasteiger charge is -2.08. The number of rotatable bonds is 7. The average Bonchev–Trinajstić information content (AvgIpc) is 2.34. The maximum Gasteiger partial charge on any atom is 0.287 e. The van der Waals surface area contributed by atoms with E-state index in [2.05, 4.69) is 10.4 Å². The summed E-state index contributed by atoms with van der Waals surface area (Å²) in [6.07, 6.45) is 4.23. The van der Waals surface area contributed by atoms with Gasteiger partial charge >= 0.3 is 0 Å². The summed E-state index contributed by atoms with van der Waals surface area (Å²) in [7, 11) is 0. The van der Waals surface area contributed by atoms with Crippen molar-refractivity contribution in [2.24, 2.45) is 0 Å². The highest BCUT2D eigenvalue weighted by atomic mass is 35.5. The number of halogens is 1. The first kappa shape index (κ1) is 14.0. The van der Waals surface area contributed by atoms with Gasteiger partial charge in [0.05, 0.1) is 11.9 Å². The number of nitrogens with zero attached hydrogens (tertiary/aromatic N) is 2. The lowest BCUT2D eigenvalue weighted by Crippen LogP contribution is -2.23. The minimum absolute atomic E-state index is 0.184. The summed E-state index contributed by atoms with van der Waals surface area (Å²) >= 11 is 5.94. The predicted octanol–water partition coefficient (Wildman–Crippen LogP) is 1.49. The molecule has 0 aromatic carbocycles. The second kappa shape index (κ2) is 7.29. The van der Waals surface area contributed by atoms with Crippen molar-refractivity contribution in [2.75, 3.05) is 18.5 Å². The van der Waals surface area contributed by atoms with Gasteiger partial charge in [0.25, 0.3) is 5.56 Å². The number of aliphatic hydroxyl groups excluding tert-OH is 1. The van der Waals surface area contributed by atoms with Crippen LogP contribution in [0.15, 0.2) is 11.0 Å². The molecule has 0 fully saturated rings. The summed E-state index contributed by atoms with van der Waals surface area (Å²) < 4.78 is 1.32. The van der Waals surface area contributed by atoms with Gasteiger partial charge in [0.15, 0.2) is 0 Å². The van der Waals surface area contributed by atoms with E-state index in [4.69, 9.17) is 16.7 Å². The molecule has 5 nitrogen and oxygen atoms in total. The molecule has 0 saturated heterocycles. The summed E-state index contributed by atoms with van der Waals surface area (Å²) in [6, 6.07) is 0. The number of unbranched alkanes of at least 4 members (excludes halogenated alkanes) is 2. The number of aromatic nitrogens is 2. The third-order valence-electron chi connectivity index (χ3n) is 2.43. The van der Waals surface area contributed by atoms with Crippen molar-refractivity contribution in [1.82, 2.24) is 9.78 Å². The van der Waals surface area contributed by atoms with Crippen molar-refractivity contribution in [2.45, 2.75) is 32.7 Å². The third-order valence-corrected chi connectivity index (χ3v) is 2.80. The molecule has 1 aromatic rings. The molecule has 0 atom stereocenters. The van der Waals surface area contributed by atoms with Gasteiger partial charge in [0.1, 0.15) is 5.02 Å². The number of anilines is 1. The van der Waals surface area contributed by atoms with Gasteiger partial charge in [-0.15, -0.1) is 0 Å². The van der Waals surface area contributed by atoms with Gasteiger partial charge in [0.2, 0.25) is 0 Å². The molecule has 6 heteroatoms. The van der Waals surface area contributed by atoms with Crippen molar-refractivity contribution in [1.29, 1.82) is 0 Å². The van der Waals surface area contributed by atoms with Gasteiger partial charge < -0.3 is 10.4 Å². The SMILES string of the molecule is CCn1ncc(NCCCCCO)c(Cl)c1=O. The van der Waals surface area contributed by atoms with Crippen molar-refractivity contribution in [3.05, 3.63) is 21.6 Å². The first-order valence-electron chi connectivity index (χ1n) is 5.81. The van der Waals surface area contributed by atoms with E-state index in [-0.39, 0.29) is 17.2 Å². The molecule has 0 radical (unpaired) electrons. The molecule has 0 unspecified atom stereocenters. The Morgan fingerprint density at radius 1 is 1.47 bits per heavy atom. The van der Waals surface area contributed by atoms with Crippen molar-refractivity contribution >= 4 is 17.3 Å². The molecule has 1 heterocycles. The number of nitrogens with one attached hydrogen (secondary N) is 1. The molecular formula is C11H18ClN3O2. The molecule has 0 aliphatic heterocycles. The summed E-state index contributed by atoms with van der Waals surface area (Å²) in [5, 5.41) is 15.9. The molecular weight excluding hydrogens is 242 g/mol. The first-order chi connectivity index (χ1) is 8.20. The maximum absolute atomic E-state index is 11.7. The molecule has 1 aromatic heterocycles. The van der Waals surface area contributed by atoms with Crippen LogP contribution < -0.4 is 10.9 Å². The topological polar surface area (TPSA) is 67.2 Å². The number of hydrogen-bond acceptors (Lipinski definition) is 4. The Morgan fingerprint density at radius 2 is 2.24 bits per heavy atom. The Labute approximate surface area is 105 Å². The van der Waals surface area contributed by atoms with E-state index >= 15 is 0 Å². The summed E-state index contributed by atoms with van der Waals surface area (Å²) in [5.74, 6) is 0. The molecule has 0 amide bonds. The minimum atomic E-state index is -0.269. The van der Waals surface area contributed by atoms with Crippen LogP contribution in [0.2, 0.25) is 5.02 Å². The van der Waals surface area contributed by atoms with Gasteiger partial charge in [-0.3, -0.25) is 4.79 Å². The Balaban J connectivity index is 2.55. The highest BCUT2D eigenvalue weighted by molar-refractivity contribution is 6.32. The minimum Gasteiger partial charge on any atom is -0.396 e. The normalized spacial score (nSPS) is 10.5. The molecule has 0 aliphatic rings. The van der Waals surface area contributed by atoms with Crippen molar-refractivity contribution < 1.29 is 5.11 Å². The molecule has 96 valence electrons. The van der Waals surface area contributed by atoms with E-state index in [1.54, 1.807) is 6.20 Å². The zero-order valence-electron chi connectivity index (χ0n) is 9.95. The van der Waals surface area contributed by atoms with E-state index in [0.717, 1.165) is 25.8 Å². The lowest BCUT2D eigenvalue weighted by atomic mass is 10.2. The monoisotopic (exact) mass is 259 g/mol. The molecule has 1 rings (SSSR count). The fourth-order valence-corrected chi connectivity index (χ4v) is 1.66. The van der Waals surface area contributed by atoms with Gasteiger partial charge in [0, 0.05) is 19.7 Å². The van der Waals surface area contributed by atoms with Crippen LogP contribution in [0.3, 0.4) is 0 Å². The fourth-order valence-electron chi connectivity index (χ4n) is 1.45. The number of aryl methyl sites for hydroxylation is 1. The largest absolute Gasteiger partial charge is 0.396 e. The Bertz CT molecular complexity index is 406. The molecule has 2 N–H and O–H groups in total. The van der Waals surface area contributed by atoms with Gasteiger partial charge in [-0.25, -0.2) is 4.68 Å². The van der Waals surface area contributed by atoms with Crippen LogP contribution in [-0.4, -0.2) is 28.0 Å². The van der Waals surface area contributed by atoms with E-state index < -0.39 is 0 Å². The summed E-state index contributed by atoms with van der Waals surface area (Å²) in [4.78, 5) is 11.7. The van der Waals surface area contributed by atoms with Gasteiger partial charge in [-0.2, -0.15) is 5.10 Å². The van der Waals surface area contributed by atoms with E-state index in [1.165, 1.54) is 4.68 Å². The number of hydrogen-bond donors (Lipinski definition) is 2. The van der Waals surface area contributed by atoms with Crippen LogP contribution in [-0.2, 0) is 6.54 Å². The van der Waals surface area contributed by atoms with E-state index in [0.29, 0.717) is 12.2 Å². The highest BCUT2D eigenvalue weighted by Crippen LogP contribution is 2.15. The van der Waals surface area contributed by atoms with Crippen LogP contribution in [0.1, 0.15) is 26.2 Å². The van der Waals surface area contributed by atoms with Crippen LogP contribution >= 0.6 is 11.6 Å². The van der Waals surface area contributed by atoms with Gasteiger partial charge in [-0.1, -0.05) is 11.6 Å². The van der Waals surface area contributed by atoms with Crippen LogP contribution in [0.4, 0.5) is 5.69 Å². The lowest BCUT2D eigenvalue weighted by molar-refractivity contribution is 0.283. The predicted molar refractivity (Wildman–Crippen MR) is 68.6 cm³/mol. The Morgan fingerprint density at radius 3 is 2.88 bits per heavy atom. The smallest absolute Gasteiger partial charge is 0.287 e. The second-order valence-electron chi connectivity index (χ2n) is 3.70. The zero-order valence-corrected chi connectivity index (χ0v) is 10.7. The fraction of sp³-hybridized carbons (Fsp3) is 0.636. The van der Waals surface area contributed by atoms with Crippen LogP contribution in [0.25, 0.3) is 0 Å². The molecule has 0 spiro atoms. The van der Waals surface area contributed by atoms with Crippen molar-refractivity contribution in [3.8, 4) is 0 Å². The van der Waals surface area contributed by atoms with E-state index in [9.17, 15) is 4.79 Å². The first-order valence-corrected chi connectivity index (χ1v) is 6.18. The number of aliphatic hydroxyl groups is 1. The highest BCUT2D eigenvalue weighted by Gasteiger charge is 2.07. The Kier molecular flexibility index (Phi) is 6.00. The zero-order chi connectivity index (χ0) is 12.7.